The number of carbonyl (C=O) groups is 1. The van der Waals surface area contributed by atoms with E-state index in [-0.39, 0.29) is 11.3 Å². The highest BCUT2D eigenvalue weighted by atomic mass is 32.1. The van der Waals surface area contributed by atoms with E-state index >= 15 is 0 Å². The fourth-order valence-corrected chi connectivity index (χ4v) is 4.56. The molecule has 6 nitrogen and oxygen atoms in total. The van der Waals surface area contributed by atoms with E-state index in [4.69, 9.17) is 4.42 Å². The lowest BCUT2D eigenvalue weighted by atomic mass is 10.0. The number of nitrogens with zero attached hydrogens (tertiary/aromatic N) is 2. The summed E-state index contributed by atoms with van der Waals surface area (Å²) in [7, 11) is 0. The fraction of sp³-hybridized carbons (Fsp3) is 0.348. The van der Waals surface area contributed by atoms with Gasteiger partial charge in [0.05, 0.1) is 10.9 Å². The molecule has 1 unspecified atom stereocenters. The first kappa shape index (κ1) is 20.5. The highest BCUT2D eigenvalue weighted by molar-refractivity contribution is 7.15. The van der Waals surface area contributed by atoms with Crippen LogP contribution in [0, 0.1) is 6.92 Å². The van der Waals surface area contributed by atoms with E-state index in [1.165, 1.54) is 49.0 Å². The Labute approximate surface area is 179 Å². The first-order valence-corrected chi connectivity index (χ1v) is 11.0. The number of benzene rings is 1. The minimum absolute atomic E-state index is 0.156. The number of nitrogens with one attached hydrogen (secondary N) is 1. The zero-order valence-corrected chi connectivity index (χ0v) is 18.0. The molecule has 1 aliphatic heterocycles. The largest absolute Gasteiger partial charge is 0.463 e. The number of aromatic nitrogens is 1. The van der Waals surface area contributed by atoms with Crippen LogP contribution in [0.3, 0.4) is 0 Å². The molecule has 0 bridgehead atoms. The lowest BCUT2D eigenvalue weighted by molar-refractivity contribution is -0.111. The number of rotatable bonds is 5. The maximum Gasteiger partial charge on any atom is 0.250 e. The number of carbonyl (C=O) groups excluding carboxylic acids is 1. The minimum Gasteiger partial charge on any atom is -0.463 e. The lowest BCUT2D eigenvalue weighted by Gasteiger charge is -2.32. The minimum atomic E-state index is -0.328. The maximum atomic E-state index is 12.6. The summed E-state index contributed by atoms with van der Waals surface area (Å²) in [5, 5.41) is 3.85. The van der Waals surface area contributed by atoms with Gasteiger partial charge in [0.2, 0.25) is 5.91 Å². The summed E-state index contributed by atoms with van der Waals surface area (Å²) >= 11 is 1.49. The Bertz CT molecular complexity index is 1150. The SMILES string of the molecule is Cc1ccc2occ(/C=C/C(=O)Nc3ncc(CN4CCCCC4C)s3)c(=O)c2c1. The molecular weight excluding hydrogens is 398 g/mol. The molecule has 0 aliphatic carbocycles. The quantitative estimate of drug-likeness (QED) is 0.608. The molecule has 1 N–H and O–H groups in total. The van der Waals surface area contributed by atoms with E-state index in [1.807, 2.05) is 19.2 Å². The molecule has 1 aromatic carbocycles. The molecule has 7 heteroatoms. The Morgan fingerprint density at radius 1 is 1.40 bits per heavy atom. The van der Waals surface area contributed by atoms with E-state index < -0.39 is 0 Å². The first-order chi connectivity index (χ1) is 14.5. The molecule has 1 aliphatic rings. The Kier molecular flexibility index (Phi) is 6.11. The van der Waals surface area contributed by atoms with Crippen molar-refractivity contribution in [2.75, 3.05) is 11.9 Å². The molecular formula is C23H25N3O3S. The summed E-state index contributed by atoms with van der Waals surface area (Å²) in [4.78, 5) is 32.8. The van der Waals surface area contributed by atoms with E-state index in [0.717, 1.165) is 23.5 Å². The van der Waals surface area contributed by atoms with Crippen molar-refractivity contribution in [3.8, 4) is 0 Å². The molecule has 1 fully saturated rings. The molecule has 1 amide bonds. The van der Waals surface area contributed by atoms with Crippen LogP contribution in [0.15, 0.2) is 45.9 Å². The number of anilines is 1. The van der Waals surface area contributed by atoms with Crippen LogP contribution >= 0.6 is 11.3 Å². The lowest BCUT2D eigenvalue weighted by Crippen LogP contribution is -2.36. The van der Waals surface area contributed by atoms with Gasteiger partial charge in [0.15, 0.2) is 10.6 Å². The van der Waals surface area contributed by atoms with Gasteiger partial charge >= 0.3 is 0 Å². The van der Waals surface area contributed by atoms with Gasteiger partial charge in [0.1, 0.15) is 11.8 Å². The Hall–Kier alpha value is -2.77. The number of likely N-dealkylation sites (tertiary alicyclic amines) is 1. The van der Waals surface area contributed by atoms with Gasteiger partial charge in [-0.1, -0.05) is 18.1 Å². The molecule has 30 heavy (non-hydrogen) atoms. The van der Waals surface area contributed by atoms with Gasteiger partial charge in [-0.2, -0.15) is 0 Å². The summed E-state index contributed by atoms with van der Waals surface area (Å²) in [5.41, 5.74) is 1.69. The smallest absolute Gasteiger partial charge is 0.250 e. The fourth-order valence-electron chi connectivity index (χ4n) is 3.72. The third-order valence-electron chi connectivity index (χ3n) is 5.45. The predicted octanol–water partition coefficient (Wildman–Crippen LogP) is 4.58. The first-order valence-electron chi connectivity index (χ1n) is 10.2. The summed E-state index contributed by atoms with van der Waals surface area (Å²) in [6.45, 7) is 6.15. The van der Waals surface area contributed by atoms with Crippen molar-refractivity contribution >= 4 is 39.4 Å². The molecule has 156 valence electrons. The highest BCUT2D eigenvalue weighted by Gasteiger charge is 2.19. The summed E-state index contributed by atoms with van der Waals surface area (Å²) < 4.78 is 5.52. The van der Waals surface area contributed by atoms with Crippen molar-refractivity contribution < 1.29 is 9.21 Å². The number of aryl methyl sites for hydroxylation is 1. The van der Waals surface area contributed by atoms with Gasteiger partial charge in [-0.25, -0.2) is 4.98 Å². The molecule has 1 atom stereocenters. The number of thiazole rings is 1. The van der Waals surface area contributed by atoms with E-state index in [9.17, 15) is 9.59 Å². The standard InChI is InChI=1S/C23H25N3O3S/c1-15-6-8-20-19(11-15)22(28)17(14-29-20)7-9-21(27)25-23-24-12-18(30-23)13-26-10-4-3-5-16(26)2/h6-9,11-12,14,16H,3-5,10,13H2,1-2H3,(H,24,25,27)/b9-7+. The van der Waals surface area contributed by atoms with E-state index in [1.54, 1.807) is 12.1 Å². The monoisotopic (exact) mass is 423 g/mol. The van der Waals surface area contributed by atoms with Crippen molar-refractivity contribution in [1.29, 1.82) is 0 Å². The Balaban J connectivity index is 1.41. The van der Waals surface area contributed by atoms with E-state index in [2.05, 4.69) is 22.1 Å². The number of hydrogen-bond donors (Lipinski definition) is 1. The molecule has 4 rings (SSSR count). The second-order valence-electron chi connectivity index (χ2n) is 7.79. The highest BCUT2D eigenvalue weighted by Crippen LogP contribution is 2.24. The molecule has 0 spiro atoms. The zero-order valence-electron chi connectivity index (χ0n) is 17.2. The van der Waals surface area contributed by atoms with Crippen LogP contribution in [0.2, 0.25) is 0 Å². The van der Waals surface area contributed by atoms with Crippen LogP contribution < -0.4 is 10.7 Å². The van der Waals surface area contributed by atoms with Crippen LogP contribution in [0.4, 0.5) is 5.13 Å². The van der Waals surface area contributed by atoms with Crippen LogP contribution in [0.25, 0.3) is 17.0 Å². The molecule has 3 heterocycles. The number of amides is 1. The van der Waals surface area contributed by atoms with Gasteiger partial charge in [-0.15, -0.1) is 11.3 Å². The van der Waals surface area contributed by atoms with Crippen molar-refractivity contribution in [2.45, 2.75) is 45.7 Å². The van der Waals surface area contributed by atoms with Crippen molar-refractivity contribution in [3.63, 3.8) is 0 Å². The van der Waals surface area contributed by atoms with Crippen LogP contribution in [-0.4, -0.2) is 28.4 Å². The van der Waals surface area contributed by atoms with Crippen LogP contribution in [0.5, 0.6) is 0 Å². The second-order valence-corrected chi connectivity index (χ2v) is 8.90. The van der Waals surface area contributed by atoms with Gasteiger partial charge in [0, 0.05) is 29.7 Å². The summed E-state index contributed by atoms with van der Waals surface area (Å²) in [5.74, 6) is -0.328. The third kappa shape index (κ3) is 4.68. The van der Waals surface area contributed by atoms with Crippen molar-refractivity contribution in [1.82, 2.24) is 9.88 Å². The van der Waals surface area contributed by atoms with Crippen LogP contribution in [-0.2, 0) is 11.3 Å². The van der Waals surface area contributed by atoms with Gasteiger partial charge in [-0.05, 0) is 51.4 Å². The predicted molar refractivity (Wildman–Crippen MR) is 121 cm³/mol. The summed E-state index contributed by atoms with van der Waals surface area (Å²) in [6, 6.07) is 6.04. The zero-order chi connectivity index (χ0) is 21.1. The average molecular weight is 424 g/mol. The van der Waals surface area contributed by atoms with E-state index in [0.29, 0.717) is 27.7 Å². The average Bonchev–Trinajstić information content (AvgIpc) is 3.16. The van der Waals surface area contributed by atoms with Crippen molar-refractivity contribution in [2.24, 2.45) is 0 Å². The second kappa shape index (κ2) is 8.93. The molecule has 1 saturated heterocycles. The van der Waals surface area contributed by atoms with Gasteiger partial charge in [-0.3, -0.25) is 19.8 Å². The molecule has 0 radical (unpaired) electrons. The van der Waals surface area contributed by atoms with Crippen LogP contribution in [0.1, 0.15) is 42.2 Å². The number of piperidine rings is 1. The summed E-state index contributed by atoms with van der Waals surface area (Å²) in [6.07, 6.45) is 9.78. The van der Waals surface area contributed by atoms with Gasteiger partial charge < -0.3 is 4.42 Å². The molecule has 3 aromatic rings. The normalized spacial score (nSPS) is 17.6. The van der Waals surface area contributed by atoms with Gasteiger partial charge in [0.25, 0.3) is 0 Å². The topological polar surface area (TPSA) is 75.4 Å². The maximum absolute atomic E-state index is 12.6. The number of fused-ring (bicyclic) bond motifs is 1. The number of hydrogen-bond acceptors (Lipinski definition) is 6. The Morgan fingerprint density at radius 3 is 3.10 bits per heavy atom. The molecule has 0 saturated carbocycles. The molecule has 2 aromatic heterocycles. The van der Waals surface area contributed by atoms with Crippen molar-refractivity contribution in [3.05, 3.63) is 63.0 Å². The third-order valence-corrected chi connectivity index (χ3v) is 6.35. The Morgan fingerprint density at radius 2 is 2.27 bits per heavy atom.